The Morgan fingerprint density at radius 3 is 2.15 bits per heavy atom. The van der Waals surface area contributed by atoms with E-state index in [1.54, 1.807) is 0 Å². The van der Waals surface area contributed by atoms with Crippen LogP contribution in [-0.2, 0) is 15.8 Å². The Morgan fingerprint density at radius 2 is 1.55 bits per heavy atom. The molecule has 0 aromatic heterocycles. The van der Waals surface area contributed by atoms with Gasteiger partial charge in [-0.2, -0.15) is 13.2 Å². The van der Waals surface area contributed by atoms with Crippen molar-refractivity contribution in [2.24, 2.45) is 0 Å². The number of carbonyl (C=O) groups excluding carboxylic acids is 3. The van der Waals surface area contributed by atoms with Crippen LogP contribution in [0.5, 0.6) is 11.5 Å². The summed E-state index contributed by atoms with van der Waals surface area (Å²) < 4.78 is 44.7. The zero-order chi connectivity index (χ0) is 29.4. The highest BCUT2D eigenvalue weighted by Crippen LogP contribution is 2.39. The van der Waals surface area contributed by atoms with Gasteiger partial charge < -0.3 is 4.74 Å². The van der Waals surface area contributed by atoms with Crippen LogP contribution < -0.4 is 15.0 Å². The van der Waals surface area contributed by atoms with Gasteiger partial charge in [-0.05, 0) is 48.5 Å². The lowest BCUT2D eigenvalue weighted by atomic mass is 10.1. The van der Waals surface area contributed by atoms with Gasteiger partial charge in [-0.15, -0.1) is 0 Å². The number of non-ortho nitro benzene ring substituents is 1. The normalized spacial score (nSPS) is 14.8. The topological polar surface area (TPSA) is 162 Å². The van der Waals surface area contributed by atoms with E-state index >= 15 is 0 Å². The van der Waals surface area contributed by atoms with Gasteiger partial charge in [0.2, 0.25) is 5.75 Å². The summed E-state index contributed by atoms with van der Waals surface area (Å²) in [5.41, 5.74) is -3.44. The highest BCUT2D eigenvalue weighted by Gasteiger charge is 2.37. The second kappa shape index (κ2) is 10.5. The van der Waals surface area contributed by atoms with E-state index in [9.17, 15) is 47.8 Å². The summed E-state index contributed by atoms with van der Waals surface area (Å²) in [4.78, 5) is 59.3. The first kappa shape index (κ1) is 27.7. The molecule has 0 atom stereocenters. The molecule has 0 saturated carbocycles. The monoisotopic (exact) mass is 576 g/mol. The minimum atomic E-state index is -4.86. The summed E-state index contributed by atoms with van der Waals surface area (Å²) in [5, 5.41) is 24.4. The fourth-order valence-corrected chi connectivity index (χ4v) is 3.72. The SMILES string of the molecule is O=C1NC(=O)N(c2ccc([N+](=O)[O-])cc2)C(=O)/C1=C/c1cc(Cl)ccc1Oc1ccc(C(F)(F)F)cc1[N+](=O)[O-]. The van der Waals surface area contributed by atoms with Crippen LogP contribution >= 0.6 is 11.6 Å². The molecule has 3 aromatic rings. The zero-order valence-corrected chi connectivity index (χ0v) is 20.2. The standard InChI is InChI=1S/C24H12ClF3N4O8/c25-14-2-8-19(40-20-7-1-13(24(26,27)28)11-18(20)32(38)39)12(9-14)10-17-21(33)29-23(35)30(22(17)34)15-3-5-16(6-4-15)31(36)37/h1-11H,(H,29,33,35)/b17-10+. The number of hydrogen-bond acceptors (Lipinski definition) is 8. The first-order valence-corrected chi connectivity index (χ1v) is 11.1. The Balaban J connectivity index is 1.75. The second-order valence-electron chi connectivity index (χ2n) is 7.95. The average molecular weight is 577 g/mol. The first-order chi connectivity index (χ1) is 18.8. The Morgan fingerprint density at radius 1 is 0.900 bits per heavy atom. The van der Waals surface area contributed by atoms with Crippen LogP contribution in [0.2, 0.25) is 5.02 Å². The molecule has 1 saturated heterocycles. The highest BCUT2D eigenvalue weighted by molar-refractivity contribution is 6.39. The van der Waals surface area contributed by atoms with Crippen LogP contribution in [0.15, 0.2) is 66.2 Å². The third-order valence-electron chi connectivity index (χ3n) is 5.39. The number of rotatable bonds is 6. The third kappa shape index (κ3) is 5.58. The molecule has 4 amide bonds. The van der Waals surface area contributed by atoms with Crippen molar-refractivity contribution in [3.63, 3.8) is 0 Å². The second-order valence-corrected chi connectivity index (χ2v) is 8.39. The number of barbiturate groups is 1. The summed E-state index contributed by atoms with van der Waals surface area (Å²) in [7, 11) is 0. The lowest BCUT2D eigenvalue weighted by molar-refractivity contribution is -0.385. The minimum Gasteiger partial charge on any atom is -0.449 e. The molecule has 1 fully saturated rings. The molecule has 3 aromatic carbocycles. The van der Waals surface area contributed by atoms with Crippen LogP contribution in [0.3, 0.4) is 0 Å². The molecule has 204 valence electrons. The molecule has 4 rings (SSSR count). The van der Waals surface area contributed by atoms with Crippen molar-refractivity contribution in [2.75, 3.05) is 4.90 Å². The number of anilines is 1. The number of benzene rings is 3. The van der Waals surface area contributed by atoms with E-state index in [0.29, 0.717) is 11.0 Å². The maximum absolute atomic E-state index is 13.2. The Labute approximate surface area is 225 Å². The number of halogens is 4. The predicted molar refractivity (Wildman–Crippen MR) is 132 cm³/mol. The van der Waals surface area contributed by atoms with E-state index in [4.69, 9.17) is 16.3 Å². The molecule has 1 heterocycles. The first-order valence-electron chi connectivity index (χ1n) is 10.7. The van der Waals surface area contributed by atoms with Gasteiger partial charge in [0.15, 0.2) is 0 Å². The van der Waals surface area contributed by atoms with Gasteiger partial charge in [0, 0.05) is 28.8 Å². The Bertz CT molecular complexity index is 1620. The smallest absolute Gasteiger partial charge is 0.416 e. The predicted octanol–water partition coefficient (Wildman–Crippen LogP) is 5.63. The molecule has 1 N–H and O–H groups in total. The fourth-order valence-electron chi connectivity index (χ4n) is 3.54. The van der Waals surface area contributed by atoms with Crippen molar-refractivity contribution < 1.29 is 42.1 Å². The number of imide groups is 2. The summed E-state index contributed by atoms with van der Waals surface area (Å²) in [6.45, 7) is 0. The van der Waals surface area contributed by atoms with Gasteiger partial charge in [-0.1, -0.05) is 11.6 Å². The van der Waals surface area contributed by atoms with Crippen molar-refractivity contribution >= 4 is 52.6 Å². The van der Waals surface area contributed by atoms with Crippen LogP contribution in [0.25, 0.3) is 6.08 Å². The van der Waals surface area contributed by atoms with Crippen LogP contribution in [0.1, 0.15) is 11.1 Å². The maximum atomic E-state index is 13.2. The van der Waals surface area contributed by atoms with Gasteiger partial charge in [-0.25, -0.2) is 9.69 Å². The number of alkyl halides is 3. The molecule has 0 radical (unpaired) electrons. The summed E-state index contributed by atoms with van der Waals surface area (Å²) in [5.74, 6) is -3.07. The fraction of sp³-hybridized carbons (Fsp3) is 0.0417. The number of hydrogen-bond donors (Lipinski definition) is 1. The number of nitro groups is 2. The van der Waals surface area contributed by atoms with E-state index in [2.05, 4.69) is 0 Å². The number of nitrogens with zero attached hydrogens (tertiary/aromatic N) is 3. The van der Waals surface area contributed by atoms with Crippen LogP contribution in [0.4, 0.5) is 35.0 Å². The largest absolute Gasteiger partial charge is 0.449 e. The number of nitrogens with one attached hydrogen (secondary N) is 1. The number of urea groups is 1. The zero-order valence-electron chi connectivity index (χ0n) is 19.5. The van der Waals surface area contributed by atoms with Gasteiger partial charge in [0.05, 0.1) is 21.1 Å². The average Bonchev–Trinajstić information content (AvgIpc) is 2.87. The van der Waals surface area contributed by atoms with E-state index in [-0.39, 0.29) is 33.8 Å². The molecule has 40 heavy (non-hydrogen) atoms. The van der Waals surface area contributed by atoms with E-state index < -0.39 is 56.4 Å². The molecule has 1 aliphatic heterocycles. The summed E-state index contributed by atoms with van der Waals surface area (Å²) >= 11 is 6.03. The van der Waals surface area contributed by atoms with Gasteiger partial charge >= 0.3 is 17.9 Å². The number of nitro benzene ring substituents is 2. The number of ether oxygens (including phenoxy) is 1. The molecule has 16 heteroatoms. The van der Waals surface area contributed by atoms with Crippen molar-refractivity contribution in [3.05, 3.63) is 103 Å². The molecular formula is C24H12ClF3N4O8. The minimum absolute atomic E-state index is 0.0630. The number of carbonyl (C=O) groups is 3. The summed E-state index contributed by atoms with van der Waals surface area (Å²) in [6, 6.07) is 8.44. The van der Waals surface area contributed by atoms with Gasteiger partial charge in [0.25, 0.3) is 17.5 Å². The molecule has 0 unspecified atom stereocenters. The van der Waals surface area contributed by atoms with Crippen molar-refractivity contribution in [2.45, 2.75) is 6.18 Å². The van der Waals surface area contributed by atoms with Crippen molar-refractivity contribution in [1.82, 2.24) is 5.32 Å². The van der Waals surface area contributed by atoms with Crippen molar-refractivity contribution in [1.29, 1.82) is 0 Å². The van der Waals surface area contributed by atoms with E-state index in [1.165, 1.54) is 18.2 Å². The van der Waals surface area contributed by atoms with Crippen LogP contribution in [0, 0.1) is 20.2 Å². The molecule has 0 bridgehead atoms. The van der Waals surface area contributed by atoms with E-state index in [0.717, 1.165) is 36.4 Å². The van der Waals surface area contributed by atoms with Crippen LogP contribution in [-0.4, -0.2) is 27.7 Å². The highest BCUT2D eigenvalue weighted by atomic mass is 35.5. The lowest BCUT2D eigenvalue weighted by Crippen LogP contribution is -2.54. The molecule has 1 aliphatic rings. The molecular weight excluding hydrogens is 565 g/mol. The third-order valence-corrected chi connectivity index (χ3v) is 5.63. The lowest BCUT2D eigenvalue weighted by Gasteiger charge is -2.26. The maximum Gasteiger partial charge on any atom is 0.416 e. The number of amides is 4. The van der Waals surface area contributed by atoms with Gasteiger partial charge in [-0.3, -0.25) is 35.1 Å². The summed E-state index contributed by atoms with van der Waals surface area (Å²) in [6.07, 6.45) is -3.90. The molecule has 12 nitrogen and oxygen atoms in total. The molecule has 0 aliphatic carbocycles. The Hall–Kier alpha value is -5.31. The van der Waals surface area contributed by atoms with Gasteiger partial charge in [0.1, 0.15) is 11.3 Å². The van der Waals surface area contributed by atoms with Crippen molar-refractivity contribution in [3.8, 4) is 11.5 Å². The Kier molecular flexibility index (Phi) is 7.24. The molecule has 0 spiro atoms. The quantitative estimate of drug-likeness (QED) is 0.171. The van der Waals surface area contributed by atoms with E-state index in [1.807, 2.05) is 5.32 Å².